The lowest BCUT2D eigenvalue weighted by Crippen LogP contribution is -2.35. The van der Waals surface area contributed by atoms with E-state index in [4.69, 9.17) is 24.0 Å². The van der Waals surface area contributed by atoms with Gasteiger partial charge in [0, 0.05) is 24.9 Å². The molecule has 22 heavy (non-hydrogen) atoms. The lowest BCUT2D eigenvalue weighted by Gasteiger charge is -2.22. The topological polar surface area (TPSA) is 120 Å². The van der Waals surface area contributed by atoms with Gasteiger partial charge in [-0.05, 0) is 13.0 Å². The zero-order valence-corrected chi connectivity index (χ0v) is 13.2. The molecule has 9 nitrogen and oxygen atoms in total. The molecule has 3 atom stereocenters. The van der Waals surface area contributed by atoms with Crippen LogP contribution in [0.5, 0.6) is 0 Å². The maximum atomic E-state index is 11.9. The van der Waals surface area contributed by atoms with Gasteiger partial charge in [-0.1, -0.05) is 0 Å². The second-order valence-corrected chi connectivity index (χ2v) is 6.70. The average Bonchev–Trinajstić information content (AvgIpc) is 2.80. The van der Waals surface area contributed by atoms with Gasteiger partial charge in [-0.15, -0.1) is 0 Å². The van der Waals surface area contributed by atoms with Gasteiger partial charge in [0.15, 0.2) is 6.23 Å². The fourth-order valence-electron chi connectivity index (χ4n) is 2.35. The van der Waals surface area contributed by atoms with E-state index in [9.17, 15) is 9.36 Å². The van der Waals surface area contributed by atoms with Gasteiger partial charge < -0.3 is 24.0 Å². The first-order valence-electron chi connectivity index (χ1n) is 6.64. The van der Waals surface area contributed by atoms with Crippen LogP contribution in [-0.2, 0) is 18.8 Å². The van der Waals surface area contributed by atoms with Crippen LogP contribution in [0, 0.1) is 12.8 Å². The third-order valence-corrected chi connectivity index (χ3v) is 3.85. The number of aromatic nitrogens is 2. The van der Waals surface area contributed by atoms with Crippen molar-refractivity contribution in [2.75, 3.05) is 26.7 Å². The Morgan fingerprint density at radius 2 is 2.27 bits per heavy atom. The molecule has 2 heterocycles. The van der Waals surface area contributed by atoms with Crippen LogP contribution >= 0.6 is 7.60 Å². The van der Waals surface area contributed by atoms with E-state index < -0.39 is 32.0 Å². The van der Waals surface area contributed by atoms with Crippen LogP contribution < -0.4 is 5.69 Å². The van der Waals surface area contributed by atoms with Gasteiger partial charge in [-0.3, -0.25) is 9.13 Å². The van der Waals surface area contributed by atoms with Crippen LogP contribution in [0.25, 0.3) is 0 Å². The second kappa shape index (κ2) is 6.99. The Balaban J connectivity index is 2.06. The second-order valence-electron chi connectivity index (χ2n) is 5.11. The summed E-state index contributed by atoms with van der Waals surface area (Å²) in [6, 6.07) is 1.69. The number of hydrogen-bond donors (Lipinski definition) is 2. The molecular formula is C12H19N2O7P. The minimum Gasteiger partial charge on any atom is -0.376 e. The van der Waals surface area contributed by atoms with Gasteiger partial charge in [-0.25, -0.2) is 4.79 Å². The Labute approximate surface area is 127 Å². The maximum Gasteiger partial charge on any atom is 0.350 e. The van der Waals surface area contributed by atoms with Crippen LogP contribution in [0.4, 0.5) is 0 Å². The molecule has 0 amide bonds. The van der Waals surface area contributed by atoms with E-state index in [2.05, 4.69) is 4.98 Å². The molecule has 1 saturated heterocycles. The first-order valence-corrected chi connectivity index (χ1v) is 8.44. The fraction of sp³-hybridized carbons (Fsp3) is 0.667. The summed E-state index contributed by atoms with van der Waals surface area (Å²) in [6.45, 7) is 2.03. The van der Waals surface area contributed by atoms with Crippen molar-refractivity contribution in [3.63, 3.8) is 0 Å². The molecule has 0 spiro atoms. The van der Waals surface area contributed by atoms with Crippen molar-refractivity contribution < 1.29 is 28.6 Å². The Hall–Kier alpha value is -1.09. The lowest BCUT2D eigenvalue weighted by molar-refractivity contribution is -0.0403. The molecule has 0 radical (unpaired) electrons. The highest BCUT2D eigenvalue weighted by molar-refractivity contribution is 7.51. The summed E-state index contributed by atoms with van der Waals surface area (Å²) >= 11 is 0. The number of ether oxygens (including phenoxy) is 3. The minimum atomic E-state index is -4.21. The molecular weight excluding hydrogens is 315 g/mol. The van der Waals surface area contributed by atoms with Crippen LogP contribution in [-0.4, -0.2) is 52.1 Å². The molecule has 0 saturated carbocycles. The van der Waals surface area contributed by atoms with Crippen molar-refractivity contribution in [2.45, 2.75) is 19.3 Å². The average molecular weight is 334 g/mol. The molecule has 1 aromatic rings. The van der Waals surface area contributed by atoms with Crippen molar-refractivity contribution in [1.82, 2.24) is 9.55 Å². The van der Waals surface area contributed by atoms with Gasteiger partial charge in [0.25, 0.3) is 0 Å². The monoisotopic (exact) mass is 334 g/mol. The third-order valence-electron chi connectivity index (χ3n) is 3.33. The maximum absolute atomic E-state index is 11.9. The zero-order chi connectivity index (χ0) is 16.3. The Morgan fingerprint density at radius 1 is 1.55 bits per heavy atom. The molecule has 2 N–H and O–H groups in total. The number of nitrogens with zero attached hydrogens (tertiary/aromatic N) is 2. The highest BCUT2D eigenvalue weighted by atomic mass is 31.2. The predicted octanol–water partition coefficient (Wildman–Crippen LogP) is -0.136. The zero-order valence-electron chi connectivity index (χ0n) is 12.3. The van der Waals surface area contributed by atoms with Crippen LogP contribution in [0.1, 0.15) is 11.9 Å². The fourth-order valence-corrected chi connectivity index (χ4v) is 2.69. The SMILES string of the molecule is CO[C@@H]1[C@@H](COCP(=O)(O)O)CO[C@H]1n1ccc(C)nc1=O. The number of methoxy groups -OCH3 is 1. The molecule has 10 heteroatoms. The van der Waals surface area contributed by atoms with Gasteiger partial charge in [0.05, 0.1) is 13.2 Å². The van der Waals surface area contributed by atoms with Crippen LogP contribution in [0.15, 0.2) is 17.1 Å². The Bertz CT molecular complexity index is 614. The van der Waals surface area contributed by atoms with Crippen molar-refractivity contribution in [3.8, 4) is 0 Å². The Morgan fingerprint density at radius 3 is 2.86 bits per heavy atom. The lowest BCUT2D eigenvalue weighted by atomic mass is 10.1. The van der Waals surface area contributed by atoms with Gasteiger partial charge in [0.1, 0.15) is 12.5 Å². The summed E-state index contributed by atoms with van der Waals surface area (Å²) in [5.74, 6) is -0.241. The predicted molar refractivity (Wildman–Crippen MR) is 75.4 cm³/mol. The molecule has 1 aliphatic rings. The normalized spacial score (nSPS) is 25.5. The molecule has 0 aliphatic carbocycles. The molecule has 1 aliphatic heterocycles. The Kier molecular flexibility index (Phi) is 5.49. The first-order chi connectivity index (χ1) is 10.3. The van der Waals surface area contributed by atoms with Crippen LogP contribution in [0.3, 0.4) is 0 Å². The number of aryl methyl sites for hydroxylation is 1. The molecule has 1 aromatic heterocycles. The quantitative estimate of drug-likeness (QED) is 0.690. The molecule has 0 unspecified atom stereocenters. The summed E-state index contributed by atoms with van der Waals surface area (Å²) in [5, 5.41) is 0. The third kappa shape index (κ3) is 4.22. The highest BCUT2D eigenvalue weighted by Gasteiger charge is 2.39. The standard InChI is InChI=1S/C12H19N2O7P/c1-8-3-4-14(12(15)13-8)11-10(19-2)9(6-21-11)5-20-7-22(16,17)18/h3-4,9-11H,5-7H2,1-2H3,(H2,16,17,18)/t9-,10+,11+/m0/s1. The molecule has 0 aromatic carbocycles. The van der Waals surface area contributed by atoms with Crippen LogP contribution in [0.2, 0.25) is 0 Å². The van der Waals surface area contributed by atoms with E-state index in [0.29, 0.717) is 5.69 Å². The van der Waals surface area contributed by atoms with E-state index >= 15 is 0 Å². The van der Waals surface area contributed by atoms with Gasteiger partial charge in [-0.2, -0.15) is 4.98 Å². The van der Waals surface area contributed by atoms with E-state index in [0.717, 1.165) is 0 Å². The van der Waals surface area contributed by atoms with E-state index in [1.165, 1.54) is 11.7 Å². The number of rotatable bonds is 6. The smallest absolute Gasteiger partial charge is 0.350 e. The van der Waals surface area contributed by atoms with Crippen molar-refractivity contribution in [2.24, 2.45) is 5.92 Å². The van der Waals surface area contributed by atoms with Crippen molar-refractivity contribution >= 4 is 7.60 Å². The molecule has 124 valence electrons. The summed E-state index contributed by atoms with van der Waals surface area (Å²) < 4.78 is 28.1. The summed E-state index contributed by atoms with van der Waals surface area (Å²) in [6.07, 6.45) is -0.190. The minimum absolute atomic E-state index is 0.0636. The largest absolute Gasteiger partial charge is 0.376 e. The van der Waals surface area contributed by atoms with Gasteiger partial charge >= 0.3 is 13.3 Å². The summed E-state index contributed by atoms with van der Waals surface area (Å²) in [7, 11) is -2.73. The highest BCUT2D eigenvalue weighted by Crippen LogP contribution is 2.35. The van der Waals surface area contributed by atoms with Crippen molar-refractivity contribution in [1.29, 1.82) is 0 Å². The van der Waals surface area contributed by atoms with Crippen molar-refractivity contribution in [3.05, 3.63) is 28.4 Å². The summed E-state index contributed by atoms with van der Waals surface area (Å²) in [4.78, 5) is 33.3. The van der Waals surface area contributed by atoms with E-state index in [1.807, 2.05) is 0 Å². The molecule has 0 bridgehead atoms. The number of hydrogen-bond acceptors (Lipinski definition) is 6. The molecule has 2 rings (SSSR count). The molecule has 1 fully saturated rings. The van der Waals surface area contributed by atoms with E-state index in [-0.39, 0.29) is 19.1 Å². The first kappa shape index (κ1) is 17.3. The summed E-state index contributed by atoms with van der Waals surface area (Å²) in [5.41, 5.74) is 0.165. The van der Waals surface area contributed by atoms with Gasteiger partial charge in [0.2, 0.25) is 0 Å². The van der Waals surface area contributed by atoms with E-state index in [1.54, 1.807) is 19.2 Å².